The van der Waals surface area contributed by atoms with Crippen LogP contribution in [0.4, 0.5) is 10.7 Å². The first-order valence-electron chi connectivity index (χ1n) is 6.75. The van der Waals surface area contributed by atoms with Crippen LogP contribution in [0.1, 0.15) is 32.6 Å². The van der Waals surface area contributed by atoms with Gasteiger partial charge >= 0.3 is 6.03 Å². The summed E-state index contributed by atoms with van der Waals surface area (Å²) in [6.45, 7) is 1.53. The van der Waals surface area contributed by atoms with E-state index in [9.17, 15) is 9.59 Å². The highest BCUT2D eigenvalue weighted by Crippen LogP contribution is 2.18. The topological polar surface area (TPSA) is 96.0 Å². The molecular formula is C13H19N5O2. The molecule has 1 aromatic heterocycles. The standard InChI is InChI=1S/C13H19N5O2/c1-9(19)16-10-3-5-11(6-4-10)17-13(20)18-12-14-7-2-8-15-12/h2,7-8,10-11H,3-6H2,1H3,(H,16,19)(H2,14,15,17,18,20). The quantitative estimate of drug-likeness (QED) is 0.769. The van der Waals surface area contributed by atoms with Gasteiger partial charge in [-0.1, -0.05) is 0 Å². The number of rotatable bonds is 3. The predicted molar refractivity (Wildman–Crippen MR) is 74.0 cm³/mol. The first-order chi connectivity index (χ1) is 9.63. The van der Waals surface area contributed by atoms with Crippen LogP contribution in [0, 0.1) is 0 Å². The van der Waals surface area contributed by atoms with E-state index in [1.165, 1.54) is 6.92 Å². The molecule has 108 valence electrons. The minimum atomic E-state index is -0.292. The van der Waals surface area contributed by atoms with Crippen molar-refractivity contribution in [3.63, 3.8) is 0 Å². The summed E-state index contributed by atoms with van der Waals surface area (Å²) in [6.07, 6.45) is 6.61. The van der Waals surface area contributed by atoms with E-state index in [1.807, 2.05) is 0 Å². The fraction of sp³-hybridized carbons (Fsp3) is 0.538. The van der Waals surface area contributed by atoms with Gasteiger partial charge in [-0.05, 0) is 31.7 Å². The maximum atomic E-state index is 11.8. The number of carbonyl (C=O) groups is 2. The van der Waals surface area contributed by atoms with Gasteiger partial charge in [0.15, 0.2) is 0 Å². The molecular weight excluding hydrogens is 258 g/mol. The molecule has 3 N–H and O–H groups in total. The molecule has 0 aliphatic heterocycles. The fourth-order valence-corrected chi connectivity index (χ4v) is 2.36. The highest BCUT2D eigenvalue weighted by atomic mass is 16.2. The van der Waals surface area contributed by atoms with Crippen molar-refractivity contribution in [3.8, 4) is 0 Å². The van der Waals surface area contributed by atoms with Gasteiger partial charge in [-0.2, -0.15) is 0 Å². The van der Waals surface area contributed by atoms with Crippen molar-refractivity contribution in [1.29, 1.82) is 0 Å². The van der Waals surface area contributed by atoms with Crippen LogP contribution in [0.3, 0.4) is 0 Å². The number of nitrogens with zero attached hydrogens (tertiary/aromatic N) is 2. The number of aromatic nitrogens is 2. The molecule has 1 fully saturated rings. The summed E-state index contributed by atoms with van der Waals surface area (Å²) >= 11 is 0. The lowest BCUT2D eigenvalue weighted by Crippen LogP contribution is -2.44. The maximum Gasteiger partial charge on any atom is 0.321 e. The molecule has 1 heterocycles. The lowest BCUT2D eigenvalue weighted by molar-refractivity contribution is -0.119. The van der Waals surface area contributed by atoms with Crippen LogP contribution in [0.15, 0.2) is 18.5 Å². The Labute approximate surface area is 117 Å². The summed E-state index contributed by atoms with van der Waals surface area (Å²) in [5, 5.41) is 8.40. The van der Waals surface area contributed by atoms with Crippen molar-refractivity contribution in [2.75, 3.05) is 5.32 Å². The van der Waals surface area contributed by atoms with Gasteiger partial charge in [-0.3, -0.25) is 10.1 Å². The molecule has 20 heavy (non-hydrogen) atoms. The Kier molecular flexibility index (Phi) is 4.86. The molecule has 0 radical (unpaired) electrons. The van der Waals surface area contributed by atoms with Crippen molar-refractivity contribution in [2.24, 2.45) is 0 Å². The molecule has 0 bridgehead atoms. The minimum absolute atomic E-state index is 0.000351. The van der Waals surface area contributed by atoms with Crippen molar-refractivity contribution >= 4 is 17.9 Å². The molecule has 1 saturated carbocycles. The number of carbonyl (C=O) groups excluding carboxylic acids is 2. The molecule has 1 aromatic rings. The second-order valence-electron chi connectivity index (χ2n) is 4.92. The van der Waals surface area contributed by atoms with Crippen molar-refractivity contribution in [2.45, 2.75) is 44.7 Å². The third kappa shape index (κ3) is 4.49. The number of hydrogen-bond donors (Lipinski definition) is 3. The largest absolute Gasteiger partial charge is 0.354 e. The predicted octanol–water partition coefficient (Wildman–Crippen LogP) is 1.05. The molecule has 1 aliphatic rings. The van der Waals surface area contributed by atoms with Gasteiger partial charge in [0, 0.05) is 31.4 Å². The van der Waals surface area contributed by atoms with Gasteiger partial charge in [-0.15, -0.1) is 0 Å². The Morgan fingerprint density at radius 1 is 1.05 bits per heavy atom. The van der Waals surface area contributed by atoms with Gasteiger partial charge in [0.05, 0.1) is 0 Å². The Balaban J connectivity index is 1.72. The normalized spacial score (nSPS) is 21.9. The molecule has 2 rings (SSSR count). The summed E-state index contributed by atoms with van der Waals surface area (Å²) < 4.78 is 0. The van der Waals surface area contributed by atoms with Crippen LogP contribution < -0.4 is 16.0 Å². The summed E-state index contributed by atoms with van der Waals surface area (Å²) in [5.74, 6) is 0.289. The van der Waals surface area contributed by atoms with E-state index in [0.717, 1.165) is 25.7 Å². The minimum Gasteiger partial charge on any atom is -0.354 e. The summed E-state index contributed by atoms with van der Waals surface area (Å²) in [5.41, 5.74) is 0. The number of urea groups is 1. The lowest BCUT2D eigenvalue weighted by atomic mass is 9.91. The SMILES string of the molecule is CC(=O)NC1CCC(NC(=O)Nc2ncccn2)CC1. The van der Waals surface area contributed by atoms with Crippen LogP contribution in [0.25, 0.3) is 0 Å². The van der Waals surface area contributed by atoms with Crippen LogP contribution in [-0.4, -0.2) is 34.0 Å². The highest BCUT2D eigenvalue weighted by molar-refractivity contribution is 5.87. The molecule has 7 heteroatoms. The fourth-order valence-electron chi connectivity index (χ4n) is 2.36. The zero-order valence-corrected chi connectivity index (χ0v) is 11.4. The van der Waals surface area contributed by atoms with Crippen LogP contribution in [0.2, 0.25) is 0 Å². The average Bonchev–Trinajstić information content (AvgIpc) is 2.41. The van der Waals surface area contributed by atoms with E-state index in [1.54, 1.807) is 18.5 Å². The van der Waals surface area contributed by atoms with E-state index in [4.69, 9.17) is 0 Å². The number of anilines is 1. The maximum absolute atomic E-state index is 11.8. The Morgan fingerprint density at radius 2 is 1.60 bits per heavy atom. The molecule has 0 aromatic carbocycles. The third-order valence-electron chi connectivity index (χ3n) is 3.26. The van der Waals surface area contributed by atoms with Gasteiger partial charge in [0.1, 0.15) is 0 Å². The van der Waals surface area contributed by atoms with E-state index in [0.29, 0.717) is 0 Å². The summed E-state index contributed by atoms with van der Waals surface area (Å²) in [6, 6.07) is 1.75. The third-order valence-corrected chi connectivity index (χ3v) is 3.26. The number of amides is 3. The molecule has 0 unspecified atom stereocenters. The number of nitrogens with one attached hydrogen (secondary N) is 3. The van der Waals surface area contributed by atoms with Crippen LogP contribution >= 0.6 is 0 Å². The lowest BCUT2D eigenvalue weighted by Gasteiger charge is -2.29. The zero-order valence-electron chi connectivity index (χ0n) is 11.4. The van der Waals surface area contributed by atoms with Gasteiger partial charge in [0.2, 0.25) is 11.9 Å². The van der Waals surface area contributed by atoms with Gasteiger partial charge < -0.3 is 10.6 Å². The van der Waals surface area contributed by atoms with Gasteiger partial charge in [-0.25, -0.2) is 14.8 Å². The first-order valence-corrected chi connectivity index (χ1v) is 6.75. The van der Waals surface area contributed by atoms with E-state index < -0.39 is 0 Å². The van der Waals surface area contributed by atoms with E-state index in [-0.39, 0.29) is 30.0 Å². The van der Waals surface area contributed by atoms with Crippen molar-refractivity contribution in [1.82, 2.24) is 20.6 Å². The van der Waals surface area contributed by atoms with Gasteiger partial charge in [0.25, 0.3) is 0 Å². The highest BCUT2D eigenvalue weighted by Gasteiger charge is 2.22. The molecule has 3 amide bonds. The Bertz CT molecular complexity index is 457. The number of hydrogen-bond acceptors (Lipinski definition) is 4. The average molecular weight is 277 g/mol. The second-order valence-corrected chi connectivity index (χ2v) is 4.92. The smallest absolute Gasteiger partial charge is 0.321 e. The van der Waals surface area contributed by atoms with Crippen LogP contribution in [-0.2, 0) is 4.79 Å². The molecule has 0 atom stereocenters. The van der Waals surface area contributed by atoms with E-state index >= 15 is 0 Å². The summed E-state index contributed by atoms with van der Waals surface area (Å²) in [4.78, 5) is 30.6. The second kappa shape index (κ2) is 6.83. The zero-order chi connectivity index (χ0) is 14.4. The monoisotopic (exact) mass is 277 g/mol. The first kappa shape index (κ1) is 14.2. The molecule has 0 spiro atoms. The molecule has 7 nitrogen and oxygen atoms in total. The van der Waals surface area contributed by atoms with Crippen LogP contribution in [0.5, 0.6) is 0 Å². The molecule has 0 saturated heterocycles. The van der Waals surface area contributed by atoms with E-state index in [2.05, 4.69) is 25.9 Å². The Hall–Kier alpha value is -2.18. The van der Waals surface area contributed by atoms with Crippen molar-refractivity contribution in [3.05, 3.63) is 18.5 Å². The Morgan fingerprint density at radius 3 is 2.15 bits per heavy atom. The molecule has 1 aliphatic carbocycles. The van der Waals surface area contributed by atoms with Crippen molar-refractivity contribution < 1.29 is 9.59 Å². The summed E-state index contributed by atoms with van der Waals surface area (Å²) in [7, 11) is 0.